The average molecular weight is 332 g/mol. The zero-order valence-corrected chi connectivity index (χ0v) is 15.0. The molecule has 0 atom stereocenters. The average Bonchev–Trinajstić information content (AvgIpc) is 2.58. The van der Waals surface area contributed by atoms with Crippen LogP contribution in [0.15, 0.2) is 42.5 Å². The quantitative estimate of drug-likeness (QED) is 0.246. The Morgan fingerprint density at radius 3 is 2.52 bits per heavy atom. The van der Waals surface area contributed by atoms with Crippen molar-refractivity contribution in [3.05, 3.63) is 48.0 Å². The predicted molar refractivity (Wildman–Crippen MR) is 103 cm³/mol. The Morgan fingerprint density at radius 2 is 1.78 bits per heavy atom. The standard InChI is InChI=1S/C20H29NOS/c1-2-3-4-5-6-12-17-21-20(22)16-11-10-15-19(23)18-13-8-7-9-14-18/h7-9,11,13-14,16H,2-6,10,12,15,17H2,1H3,(H,21,22). The van der Waals surface area contributed by atoms with Crippen molar-refractivity contribution in [3.63, 3.8) is 0 Å². The lowest BCUT2D eigenvalue weighted by Crippen LogP contribution is -2.22. The van der Waals surface area contributed by atoms with E-state index in [2.05, 4.69) is 12.2 Å². The molecule has 0 bridgehead atoms. The van der Waals surface area contributed by atoms with E-state index in [1.807, 2.05) is 36.4 Å². The summed E-state index contributed by atoms with van der Waals surface area (Å²) in [6.07, 6.45) is 12.6. The lowest BCUT2D eigenvalue weighted by Gasteiger charge is -2.03. The van der Waals surface area contributed by atoms with Crippen LogP contribution >= 0.6 is 12.2 Å². The number of hydrogen-bond acceptors (Lipinski definition) is 2. The number of thiocarbonyl (C=S) groups is 1. The van der Waals surface area contributed by atoms with Gasteiger partial charge in [-0.25, -0.2) is 0 Å². The van der Waals surface area contributed by atoms with Gasteiger partial charge in [-0.1, -0.05) is 87.7 Å². The maximum absolute atomic E-state index is 11.7. The molecule has 1 N–H and O–H groups in total. The third-order valence-electron chi connectivity index (χ3n) is 3.73. The normalized spacial score (nSPS) is 10.8. The van der Waals surface area contributed by atoms with Crippen molar-refractivity contribution in [1.29, 1.82) is 0 Å². The molecule has 1 aromatic rings. The number of hydrogen-bond donors (Lipinski definition) is 1. The van der Waals surface area contributed by atoms with E-state index in [1.54, 1.807) is 6.08 Å². The second-order valence-corrected chi connectivity index (χ2v) is 6.28. The Morgan fingerprint density at radius 1 is 1.09 bits per heavy atom. The molecule has 0 heterocycles. The molecular formula is C20H29NOS. The first-order valence-electron chi connectivity index (χ1n) is 8.76. The number of carbonyl (C=O) groups is 1. The highest BCUT2D eigenvalue weighted by atomic mass is 32.1. The van der Waals surface area contributed by atoms with Crippen molar-refractivity contribution in [2.45, 2.75) is 58.3 Å². The summed E-state index contributed by atoms with van der Waals surface area (Å²) < 4.78 is 0. The van der Waals surface area contributed by atoms with E-state index in [0.29, 0.717) is 0 Å². The molecule has 0 aromatic heterocycles. The Labute approximate surface area is 146 Å². The van der Waals surface area contributed by atoms with Crippen molar-refractivity contribution in [1.82, 2.24) is 5.32 Å². The maximum Gasteiger partial charge on any atom is 0.243 e. The van der Waals surface area contributed by atoms with Gasteiger partial charge in [0.15, 0.2) is 0 Å². The second kappa shape index (κ2) is 13.0. The maximum atomic E-state index is 11.7. The van der Waals surface area contributed by atoms with Gasteiger partial charge in [0.1, 0.15) is 0 Å². The van der Waals surface area contributed by atoms with Crippen molar-refractivity contribution >= 4 is 23.0 Å². The van der Waals surface area contributed by atoms with Crippen LogP contribution in [0, 0.1) is 0 Å². The highest BCUT2D eigenvalue weighted by Crippen LogP contribution is 2.07. The molecule has 3 heteroatoms. The van der Waals surface area contributed by atoms with E-state index in [9.17, 15) is 4.79 Å². The fourth-order valence-corrected chi connectivity index (χ4v) is 2.60. The first kappa shape index (κ1) is 19.6. The van der Waals surface area contributed by atoms with Gasteiger partial charge >= 0.3 is 0 Å². The summed E-state index contributed by atoms with van der Waals surface area (Å²) in [5, 5.41) is 2.93. The summed E-state index contributed by atoms with van der Waals surface area (Å²) in [4.78, 5) is 12.6. The molecule has 1 aromatic carbocycles. The number of unbranched alkanes of at least 4 members (excludes halogenated alkanes) is 5. The zero-order chi connectivity index (χ0) is 16.8. The molecule has 0 radical (unpaired) electrons. The summed E-state index contributed by atoms with van der Waals surface area (Å²) in [5.41, 5.74) is 1.10. The van der Waals surface area contributed by atoms with Crippen LogP contribution in [-0.2, 0) is 4.79 Å². The SMILES string of the molecule is CCCCCCCCNC(=O)C=CCCC(=S)c1ccccc1. The van der Waals surface area contributed by atoms with E-state index in [1.165, 1.54) is 32.1 Å². The van der Waals surface area contributed by atoms with Crippen LogP contribution in [0.2, 0.25) is 0 Å². The molecule has 0 unspecified atom stereocenters. The molecule has 0 fully saturated rings. The van der Waals surface area contributed by atoms with Crippen molar-refractivity contribution in [2.75, 3.05) is 6.54 Å². The zero-order valence-electron chi connectivity index (χ0n) is 14.2. The fourth-order valence-electron chi connectivity index (χ4n) is 2.35. The molecular weight excluding hydrogens is 302 g/mol. The van der Waals surface area contributed by atoms with Gasteiger partial charge in [-0.05, 0) is 30.9 Å². The van der Waals surface area contributed by atoms with Crippen LogP contribution in [-0.4, -0.2) is 17.3 Å². The first-order valence-corrected chi connectivity index (χ1v) is 9.17. The smallest absolute Gasteiger partial charge is 0.243 e. The molecule has 2 nitrogen and oxygen atoms in total. The minimum Gasteiger partial charge on any atom is -0.353 e. The lowest BCUT2D eigenvalue weighted by molar-refractivity contribution is -0.116. The molecule has 0 aliphatic carbocycles. The van der Waals surface area contributed by atoms with Crippen LogP contribution in [0.1, 0.15) is 63.9 Å². The minimum absolute atomic E-state index is 0.00388. The van der Waals surface area contributed by atoms with Crippen molar-refractivity contribution in [2.24, 2.45) is 0 Å². The Hall–Kier alpha value is -1.48. The summed E-state index contributed by atoms with van der Waals surface area (Å²) in [6.45, 7) is 3.00. The van der Waals surface area contributed by atoms with Crippen LogP contribution in [0.25, 0.3) is 0 Å². The molecule has 0 spiro atoms. The third kappa shape index (κ3) is 10.0. The first-order chi connectivity index (χ1) is 11.2. The number of nitrogens with one attached hydrogen (secondary N) is 1. The summed E-state index contributed by atoms with van der Waals surface area (Å²) in [5.74, 6) is 0.00388. The molecule has 0 aliphatic rings. The minimum atomic E-state index is 0.00388. The number of rotatable bonds is 12. The molecule has 23 heavy (non-hydrogen) atoms. The Bertz CT molecular complexity index is 482. The largest absolute Gasteiger partial charge is 0.353 e. The van der Waals surface area contributed by atoms with Gasteiger partial charge in [-0.3, -0.25) is 4.79 Å². The van der Waals surface area contributed by atoms with E-state index in [0.717, 1.165) is 36.2 Å². The van der Waals surface area contributed by atoms with Gasteiger partial charge in [0.2, 0.25) is 5.91 Å². The molecule has 0 aliphatic heterocycles. The predicted octanol–water partition coefficient (Wildman–Crippen LogP) is 5.22. The lowest BCUT2D eigenvalue weighted by atomic mass is 10.1. The third-order valence-corrected chi connectivity index (χ3v) is 4.17. The number of amides is 1. The highest BCUT2D eigenvalue weighted by molar-refractivity contribution is 7.80. The van der Waals surface area contributed by atoms with Gasteiger partial charge in [-0.2, -0.15) is 0 Å². The van der Waals surface area contributed by atoms with Gasteiger partial charge in [-0.15, -0.1) is 0 Å². The van der Waals surface area contributed by atoms with Gasteiger partial charge < -0.3 is 5.32 Å². The van der Waals surface area contributed by atoms with Gasteiger partial charge in [0.25, 0.3) is 0 Å². The van der Waals surface area contributed by atoms with E-state index < -0.39 is 0 Å². The second-order valence-electron chi connectivity index (χ2n) is 5.79. The van der Waals surface area contributed by atoms with Crippen molar-refractivity contribution in [3.8, 4) is 0 Å². The van der Waals surface area contributed by atoms with Crippen LogP contribution in [0.5, 0.6) is 0 Å². The van der Waals surface area contributed by atoms with E-state index in [-0.39, 0.29) is 5.91 Å². The Balaban J connectivity index is 2.06. The molecule has 1 rings (SSSR count). The molecule has 126 valence electrons. The molecule has 1 amide bonds. The Kier molecular flexibility index (Phi) is 11.1. The summed E-state index contributed by atoms with van der Waals surface area (Å²) in [6, 6.07) is 10.0. The van der Waals surface area contributed by atoms with Gasteiger partial charge in [0.05, 0.1) is 0 Å². The topological polar surface area (TPSA) is 29.1 Å². The monoisotopic (exact) mass is 331 g/mol. The van der Waals surface area contributed by atoms with E-state index in [4.69, 9.17) is 12.2 Å². The van der Waals surface area contributed by atoms with Crippen molar-refractivity contribution < 1.29 is 4.79 Å². The fraction of sp³-hybridized carbons (Fsp3) is 0.500. The molecule has 0 saturated carbocycles. The summed E-state index contributed by atoms with van der Waals surface area (Å²) in [7, 11) is 0. The van der Waals surface area contributed by atoms with Crippen LogP contribution < -0.4 is 5.32 Å². The number of allylic oxidation sites excluding steroid dienone is 1. The number of benzene rings is 1. The number of carbonyl (C=O) groups excluding carboxylic acids is 1. The summed E-state index contributed by atoms with van der Waals surface area (Å²) >= 11 is 5.39. The van der Waals surface area contributed by atoms with Gasteiger partial charge in [0, 0.05) is 11.4 Å². The van der Waals surface area contributed by atoms with Crippen LogP contribution in [0.3, 0.4) is 0 Å². The van der Waals surface area contributed by atoms with Crippen LogP contribution in [0.4, 0.5) is 0 Å². The molecule has 0 saturated heterocycles. The van der Waals surface area contributed by atoms with E-state index >= 15 is 0 Å². The highest BCUT2D eigenvalue weighted by Gasteiger charge is 1.99.